The molecule has 0 aliphatic carbocycles. The van der Waals surface area contributed by atoms with Gasteiger partial charge in [0.15, 0.2) is 4.77 Å². The average molecular weight is 377 g/mol. The van der Waals surface area contributed by atoms with E-state index in [0.29, 0.717) is 39.2 Å². The molecule has 6 nitrogen and oxygen atoms in total. The molecule has 0 aliphatic heterocycles. The highest BCUT2D eigenvalue weighted by molar-refractivity contribution is 7.71. The number of amides is 1. The summed E-state index contributed by atoms with van der Waals surface area (Å²) in [5.41, 5.74) is 1.56. The molecule has 0 fully saturated rings. The molecule has 1 amide bonds. The molecular formula is C20H15N3O3S. The van der Waals surface area contributed by atoms with E-state index in [2.05, 4.69) is 10.3 Å². The van der Waals surface area contributed by atoms with Crippen molar-refractivity contribution in [2.75, 3.05) is 0 Å². The van der Waals surface area contributed by atoms with Crippen LogP contribution >= 0.6 is 12.2 Å². The predicted molar refractivity (Wildman–Crippen MR) is 105 cm³/mol. The third-order valence-electron chi connectivity index (χ3n) is 4.20. The predicted octanol–water partition coefficient (Wildman–Crippen LogP) is 3.57. The summed E-state index contributed by atoms with van der Waals surface area (Å²) in [4.78, 5) is 28.1. The Morgan fingerprint density at radius 2 is 1.85 bits per heavy atom. The summed E-state index contributed by atoms with van der Waals surface area (Å²) in [5.74, 6) is 0.447. The van der Waals surface area contributed by atoms with Crippen LogP contribution in [0.1, 0.15) is 16.1 Å². The number of hydrogen-bond acceptors (Lipinski definition) is 4. The van der Waals surface area contributed by atoms with Crippen molar-refractivity contribution < 1.29 is 9.21 Å². The lowest BCUT2D eigenvalue weighted by molar-refractivity contribution is 0.0948. The fourth-order valence-electron chi connectivity index (χ4n) is 2.84. The van der Waals surface area contributed by atoms with E-state index < -0.39 is 0 Å². The van der Waals surface area contributed by atoms with E-state index in [1.54, 1.807) is 54.8 Å². The first kappa shape index (κ1) is 17.0. The zero-order valence-corrected chi connectivity index (χ0v) is 15.0. The van der Waals surface area contributed by atoms with Gasteiger partial charge in [-0.25, -0.2) is 0 Å². The van der Waals surface area contributed by atoms with E-state index in [-0.39, 0.29) is 11.5 Å². The maximum absolute atomic E-state index is 12.8. The van der Waals surface area contributed by atoms with Crippen molar-refractivity contribution in [3.63, 3.8) is 0 Å². The van der Waals surface area contributed by atoms with Crippen LogP contribution in [0.15, 0.2) is 76.1 Å². The number of para-hydroxylation sites is 1. The normalized spacial score (nSPS) is 10.8. The first-order chi connectivity index (χ1) is 13.1. The smallest absolute Gasteiger partial charge is 0.266 e. The molecular weight excluding hydrogens is 362 g/mol. The van der Waals surface area contributed by atoms with E-state index in [0.717, 1.165) is 0 Å². The van der Waals surface area contributed by atoms with Gasteiger partial charge in [0.2, 0.25) is 0 Å². The summed E-state index contributed by atoms with van der Waals surface area (Å²) >= 11 is 5.34. The molecule has 0 saturated carbocycles. The summed E-state index contributed by atoms with van der Waals surface area (Å²) in [5, 5.41) is 3.33. The molecule has 0 aliphatic rings. The van der Waals surface area contributed by atoms with Gasteiger partial charge in [-0.15, -0.1) is 0 Å². The van der Waals surface area contributed by atoms with Gasteiger partial charge in [0.1, 0.15) is 5.76 Å². The lowest BCUT2D eigenvalue weighted by Crippen LogP contribution is -2.23. The second-order valence-electron chi connectivity index (χ2n) is 5.93. The van der Waals surface area contributed by atoms with Crippen LogP contribution in [-0.2, 0) is 6.54 Å². The van der Waals surface area contributed by atoms with Crippen molar-refractivity contribution in [2.45, 2.75) is 6.54 Å². The molecule has 27 heavy (non-hydrogen) atoms. The van der Waals surface area contributed by atoms with Crippen LogP contribution in [0.2, 0.25) is 0 Å². The van der Waals surface area contributed by atoms with Gasteiger partial charge in [0.05, 0.1) is 29.4 Å². The van der Waals surface area contributed by atoms with Crippen molar-refractivity contribution >= 4 is 29.0 Å². The molecule has 0 unspecified atom stereocenters. The number of aromatic amines is 1. The summed E-state index contributed by atoms with van der Waals surface area (Å²) in [6.45, 7) is 0.309. The van der Waals surface area contributed by atoms with E-state index in [4.69, 9.17) is 16.6 Å². The Hall–Kier alpha value is -3.45. The quantitative estimate of drug-likeness (QED) is 0.533. The third-order valence-corrected chi connectivity index (χ3v) is 4.48. The zero-order chi connectivity index (χ0) is 18.8. The minimum Gasteiger partial charge on any atom is -0.467 e. The van der Waals surface area contributed by atoms with Gasteiger partial charge in [0.25, 0.3) is 11.5 Å². The third kappa shape index (κ3) is 3.32. The first-order valence-corrected chi connectivity index (χ1v) is 8.69. The maximum atomic E-state index is 12.8. The van der Waals surface area contributed by atoms with Crippen LogP contribution in [0.5, 0.6) is 0 Å². The van der Waals surface area contributed by atoms with E-state index in [1.807, 2.05) is 12.1 Å². The molecule has 0 radical (unpaired) electrons. The largest absolute Gasteiger partial charge is 0.467 e. The maximum Gasteiger partial charge on any atom is 0.266 e. The minimum atomic E-state index is -0.228. The fraction of sp³-hybridized carbons (Fsp3) is 0.0500. The monoisotopic (exact) mass is 377 g/mol. The van der Waals surface area contributed by atoms with Gasteiger partial charge in [-0.05, 0) is 60.7 Å². The number of furan rings is 1. The molecule has 4 rings (SSSR count). The van der Waals surface area contributed by atoms with Crippen molar-refractivity contribution in [1.29, 1.82) is 0 Å². The van der Waals surface area contributed by atoms with Gasteiger partial charge in [-0.1, -0.05) is 12.1 Å². The summed E-state index contributed by atoms with van der Waals surface area (Å²) in [7, 11) is 0. The summed E-state index contributed by atoms with van der Waals surface area (Å²) in [6.07, 6.45) is 1.56. The van der Waals surface area contributed by atoms with Crippen LogP contribution in [0.25, 0.3) is 16.6 Å². The van der Waals surface area contributed by atoms with E-state index in [1.165, 1.54) is 4.57 Å². The zero-order valence-electron chi connectivity index (χ0n) is 14.1. The Bertz CT molecular complexity index is 1220. The Labute approximate surface area is 159 Å². The van der Waals surface area contributed by atoms with Gasteiger partial charge < -0.3 is 14.7 Å². The standard InChI is InChI=1S/C20H15N3O3S/c24-18(21-12-15-4-3-11-26-15)13-7-9-14(10-8-13)23-19(25)16-5-1-2-6-17(16)22-20(23)27/h1-11H,12H2,(H,21,24)(H,22,27). The number of fused-ring (bicyclic) bond motifs is 1. The topological polar surface area (TPSA) is 80.0 Å². The molecule has 2 aromatic heterocycles. The Balaban J connectivity index is 1.63. The van der Waals surface area contributed by atoms with Crippen molar-refractivity contribution in [3.05, 3.63) is 93.4 Å². The summed E-state index contributed by atoms with van der Waals surface area (Å²) < 4.78 is 6.91. The first-order valence-electron chi connectivity index (χ1n) is 8.28. The molecule has 7 heteroatoms. The van der Waals surface area contributed by atoms with Crippen molar-refractivity contribution in [3.8, 4) is 5.69 Å². The number of aromatic nitrogens is 2. The molecule has 2 heterocycles. The van der Waals surface area contributed by atoms with Gasteiger partial charge in [0, 0.05) is 5.56 Å². The van der Waals surface area contributed by atoms with Crippen LogP contribution in [0, 0.1) is 4.77 Å². The second kappa shape index (κ2) is 7.05. The molecule has 2 N–H and O–H groups in total. The van der Waals surface area contributed by atoms with Crippen molar-refractivity contribution in [2.24, 2.45) is 0 Å². The number of nitrogens with one attached hydrogen (secondary N) is 2. The molecule has 0 bridgehead atoms. The van der Waals surface area contributed by atoms with Gasteiger partial charge >= 0.3 is 0 Å². The Morgan fingerprint density at radius 1 is 1.07 bits per heavy atom. The SMILES string of the molecule is O=C(NCc1ccco1)c1ccc(-n2c(=S)[nH]c3ccccc3c2=O)cc1. The van der Waals surface area contributed by atoms with Gasteiger partial charge in [-0.3, -0.25) is 14.2 Å². The highest BCUT2D eigenvalue weighted by atomic mass is 32.1. The number of nitrogens with zero attached hydrogens (tertiary/aromatic N) is 1. The average Bonchev–Trinajstić information content (AvgIpc) is 3.20. The van der Waals surface area contributed by atoms with Crippen LogP contribution in [0.4, 0.5) is 0 Å². The molecule has 4 aromatic rings. The van der Waals surface area contributed by atoms with E-state index >= 15 is 0 Å². The fourth-order valence-corrected chi connectivity index (χ4v) is 3.14. The molecule has 0 saturated heterocycles. The Morgan fingerprint density at radius 3 is 2.59 bits per heavy atom. The van der Waals surface area contributed by atoms with E-state index in [9.17, 15) is 9.59 Å². The highest BCUT2D eigenvalue weighted by Gasteiger charge is 2.10. The van der Waals surface area contributed by atoms with Crippen LogP contribution in [-0.4, -0.2) is 15.5 Å². The second-order valence-corrected chi connectivity index (χ2v) is 6.31. The van der Waals surface area contributed by atoms with Crippen molar-refractivity contribution in [1.82, 2.24) is 14.9 Å². The molecule has 0 atom stereocenters. The number of hydrogen-bond donors (Lipinski definition) is 2. The van der Waals surface area contributed by atoms with Crippen LogP contribution < -0.4 is 10.9 Å². The number of rotatable bonds is 4. The lowest BCUT2D eigenvalue weighted by Gasteiger charge is -2.09. The number of carbonyl (C=O) groups is 1. The molecule has 134 valence electrons. The summed E-state index contributed by atoms with van der Waals surface area (Å²) in [6, 6.07) is 17.5. The molecule has 0 spiro atoms. The van der Waals surface area contributed by atoms with Crippen LogP contribution in [0.3, 0.4) is 0 Å². The number of benzene rings is 2. The highest BCUT2D eigenvalue weighted by Crippen LogP contribution is 2.12. The number of carbonyl (C=O) groups excluding carboxylic acids is 1. The minimum absolute atomic E-state index is 0.204. The Kier molecular flexibility index (Phi) is 4.43. The van der Waals surface area contributed by atoms with Gasteiger partial charge in [-0.2, -0.15) is 0 Å². The lowest BCUT2D eigenvalue weighted by atomic mass is 10.2. The molecule has 2 aromatic carbocycles. The number of H-pyrrole nitrogens is 1.